The number of benzene rings is 1. The fourth-order valence-electron chi connectivity index (χ4n) is 3.38. The molecule has 1 aliphatic rings. The van der Waals surface area contributed by atoms with Gasteiger partial charge in [0.05, 0.1) is 6.61 Å². The molecular weight excluding hydrogens is 288 g/mol. The molecule has 1 aromatic carbocycles. The zero-order valence-electron chi connectivity index (χ0n) is 14.9. The monoisotopic (exact) mass is 318 g/mol. The highest BCUT2D eigenvalue weighted by Crippen LogP contribution is 2.23. The minimum Gasteiger partial charge on any atom is -0.493 e. The molecular formula is C19H30N2O2. The number of likely N-dealkylation sites (tertiary alicyclic amines) is 1. The molecule has 2 amide bonds. The number of para-hydroxylation sites is 1. The van der Waals surface area contributed by atoms with Gasteiger partial charge in [0.1, 0.15) is 5.75 Å². The van der Waals surface area contributed by atoms with Crippen molar-refractivity contribution in [2.45, 2.75) is 65.5 Å². The quantitative estimate of drug-likeness (QED) is 0.832. The molecule has 0 spiro atoms. The zero-order chi connectivity index (χ0) is 16.8. The minimum atomic E-state index is 0.0665. The Morgan fingerprint density at radius 1 is 1.22 bits per heavy atom. The van der Waals surface area contributed by atoms with Gasteiger partial charge in [0.2, 0.25) is 0 Å². The molecule has 1 aromatic rings. The van der Waals surface area contributed by atoms with Crippen molar-refractivity contribution >= 4 is 6.03 Å². The molecule has 0 aliphatic carbocycles. The summed E-state index contributed by atoms with van der Waals surface area (Å²) in [6, 6.07) is 6.90. The molecule has 1 heterocycles. The Balaban J connectivity index is 1.72. The Labute approximate surface area is 140 Å². The summed E-state index contributed by atoms with van der Waals surface area (Å²) in [5.41, 5.74) is 2.31. The number of amides is 2. The second-order valence-corrected chi connectivity index (χ2v) is 6.69. The first-order valence-electron chi connectivity index (χ1n) is 8.76. The van der Waals surface area contributed by atoms with Crippen LogP contribution in [0.15, 0.2) is 18.2 Å². The largest absolute Gasteiger partial charge is 0.493 e. The van der Waals surface area contributed by atoms with Gasteiger partial charge in [-0.1, -0.05) is 18.2 Å². The van der Waals surface area contributed by atoms with Crippen molar-refractivity contribution in [1.29, 1.82) is 0 Å². The summed E-state index contributed by atoms with van der Waals surface area (Å²) in [7, 11) is 0. The predicted molar refractivity (Wildman–Crippen MR) is 94.0 cm³/mol. The number of carbonyl (C=O) groups is 1. The van der Waals surface area contributed by atoms with E-state index in [2.05, 4.69) is 45.1 Å². The molecule has 1 aliphatic heterocycles. The van der Waals surface area contributed by atoms with Crippen LogP contribution in [0.5, 0.6) is 5.75 Å². The smallest absolute Gasteiger partial charge is 0.317 e. The molecule has 1 saturated heterocycles. The summed E-state index contributed by atoms with van der Waals surface area (Å²) < 4.78 is 5.87. The molecule has 0 bridgehead atoms. The second-order valence-electron chi connectivity index (χ2n) is 6.69. The molecule has 2 rings (SSSR count). The standard InChI is InChI=1S/C19H30N2O2/c1-14-8-5-9-15(2)18(14)23-13-7-12-20-19(22)21-16(3)10-6-11-17(21)4/h5,8-9,16-17H,6-7,10-13H2,1-4H3,(H,20,22). The van der Waals surface area contributed by atoms with Gasteiger partial charge in [-0.25, -0.2) is 4.79 Å². The van der Waals surface area contributed by atoms with E-state index in [0.29, 0.717) is 25.2 Å². The first kappa shape index (κ1) is 17.6. The van der Waals surface area contributed by atoms with Crippen LogP contribution in [0, 0.1) is 13.8 Å². The van der Waals surface area contributed by atoms with Crippen molar-refractivity contribution in [3.8, 4) is 5.75 Å². The Morgan fingerprint density at radius 3 is 2.43 bits per heavy atom. The van der Waals surface area contributed by atoms with Gasteiger partial charge in [-0.15, -0.1) is 0 Å². The van der Waals surface area contributed by atoms with E-state index in [1.165, 1.54) is 6.42 Å². The number of ether oxygens (including phenoxy) is 1. The van der Waals surface area contributed by atoms with Crippen molar-refractivity contribution in [2.75, 3.05) is 13.2 Å². The zero-order valence-corrected chi connectivity index (χ0v) is 14.9. The molecule has 4 nitrogen and oxygen atoms in total. The lowest BCUT2D eigenvalue weighted by atomic mass is 9.98. The first-order chi connectivity index (χ1) is 11.0. The molecule has 0 radical (unpaired) electrons. The van der Waals surface area contributed by atoms with Gasteiger partial charge in [-0.3, -0.25) is 0 Å². The van der Waals surface area contributed by atoms with Crippen LogP contribution in [-0.2, 0) is 0 Å². The van der Waals surface area contributed by atoms with Crippen molar-refractivity contribution in [3.63, 3.8) is 0 Å². The predicted octanol–water partition coefficient (Wildman–Crippen LogP) is 4.04. The normalized spacial score (nSPS) is 21.1. The van der Waals surface area contributed by atoms with Gasteiger partial charge in [0.25, 0.3) is 0 Å². The van der Waals surface area contributed by atoms with E-state index in [9.17, 15) is 4.79 Å². The van der Waals surface area contributed by atoms with Gasteiger partial charge >= 0.3 is 6.03 Å². The molecule has 2 unspecified atom stereocenters. The Bertz CT molecular complexity index is 500. The number of rotatable bonds is 5. The van der Waals surface area contributed by atoms with Crippen LogP contribution >= 0.6 is 0 Å². The summed E-state index contributed by atoms with van der Waals surface area (Å²) >= 11 is 0. The molecule has 1 fully saturated rings. The molecule has 128 valence electrons. The van der Waals surface area contributed by atoms with E-state index in [-0.39, 0.29) is 6.03 Å². The summed E-state index contributed by atoms with van der Waals surface area (Å²) in [5.74, 6) is 0.970. The molecule has 1 N–H and O–H groups in total. The van der Waals surface area contributed by atoms with Crippen LogP contribution in [0.3, 0.4) is 0 Å². The van der Waals surface area contributed by atoms with E-state index in [4.69, 9.17) is 4.74 Å². The van der Waals surface area contributed by atoms with Crippen LogP contribution in [0.25, 0.3) is 0 Å². The van der Waals surface area contributed by atoms with Crippen molar-refractivity contribution in [1.82, 2.24) is 10.2 Å². The van der Waals surface area contributed by atoms with E-state index < -0.39 is 0 Å². The van der Waals surface area contributed by atoms with E-state index in [1.54, 1.807) is 0 Å². The third-order valence-electron chi connectivity index (χ3n) is 4.68. The Hall–Kier alpha value is -1.71. The van der Waals surface area contributed by atoms with Crippen LogP contribution in [0.4, 0.5) is 4.79 Å². The maximum absolute atomic E-state index is 12.3. The van der Waals surface area contributed by atoms with Gasteiger partial charge in [0, 0.05) is 18.6 Å². The number of nitrogens with one attached hydrogen (secondary N) is 1. The number of hydrogen-bond acceptors (Lipinski definition) is 2. The highest BCUT2D eigenvalue weighted by molar-refractivity contribution is 5.74. The fourth-order valence-corrected chi connectivity index (χ4v) is 3.38. The number of carbonyl (C=O) groups excluding carboxylic acids is 1. The van der Waals surface area contributed by atoms with Crippen LogP contribution in [-0.4, -0.2) is 36.2 Å². The third-order valence-corrected chi connectivity index (χ3v) is 4.68. The lowest BCUT2D eigenvalue weighted by Crippen LogP contribution is -2.52. The van der Waals surface area contributed by atoms with Crippen LogP contribution in [0.2, 0.25) is 0 Å². The maximum atomic E-state index is 12.3. The highest BCUT2D eigenvalue weighted by Gasteiger charge is 2.28. The van der Waals surface area contributed by atoms with Crippen molar-refractivity contribution < 1.29 is 9.53 Å². The number of nitrogens with zero attached hydrogens (tertiary/aromatic N) is 1. The summed E-state index contributed by atoms with van der Waals surface area (Å²) in [4.78, 5) is 14.3. The number of piperidine rings is 1. The van der Waals surface area contributed by atoms with Gasteiger partial charge in [-0.05, 0) is 64.5 Å². The molecule has 0 saturated carbocycles. The summed E-state index contributed by atoms with van der Waals surface area (Å²) in [5, 5.41) is 3.04. The first-order valence-corrected chi connectivity index (χ1v) is 8.76. The fraction of sp³-hybridized carbons (Fsp3) is 0.632. The lowest BCUT2D eigenvalue weighted by Gasteiger charge is -2.38. The lowest BCUT2D eigenvalue weighted by molar-refractivity contribution is 0.123. The average molecular weight is 318 g/mol. The topological polar surface area (TPSA) is 41.6 Å². The van der Waals surface area contributed by atoms with Crippen LogP contribution < -0.4 is 10.1 Å². The Morgan fingerprint density at radius 2 is 1.83 bits per heavy atom. The van der Waals surface area contributed by atoms with Gasteiger partial charge < -0.3 is 15.0 Å². The van der Waals surface area contributed by atoms with E-state index in [0.717, 1.165) is 36.1 Å². The van der Waals surface area contributed by atoms with Gasteiger partial charge in [-0.2, -0.15) is 0 Å². The van der Waals surface area contributed by atoms with Crippen molar-refractivity contribution in [3.05, 3.63) is 29.3 Å². The molecule has 4 heteroatoms. The van der Waals surface area contributed by atoms with Crippen LogP contribution in [0.1, 0.15) is 50.7 Å². The van der Waals surface area contributed by atoms with E-state index >= 15 is 0 Å². The number of urea groups is 1. The third kappa shape index (κ3) is 4.63. The summed E-state index contributed by atoms with van der Waals surface area (Å²) in [6.45, 7) is 9.67. The number of hydrogen-bond donors (Lipinski definition) is 1. The average Bonchev–Trinajstić information content (AvgIpc) is 2.49. The second kappa shape index (κ2) is 8.23. The molecule has 0 aromatic heterocycles. The summed E-state index contributed by atoms with van der Waals surface area (Å²) in [6.07, 6.45) is 4.24. The van der Waals surface area contributed by atoms with Gasteiger partial charge in [0.15, 0.2) is 0 Å². The highest BCUT2D eigenvalue weighted by atomic mass is 16.5. The molecule has 2 atom stereocenters. The minimum absolute atomic E-state index is 0.0665. The van der Waals surface area contributed by atoms with Crippen molar-refractivity contribution in [2.24, 2.45) is 0 Å². The maximum Gasteiger partial charge on any atom is 0.317 e. The SMILES string of the molecule is Cc1cccc(C)c1OCCCNC(=O)N1C(C)CCCC1C. The molecule has 23 heavy (non-hydrogen) atoms. The Kier molecular flexibility index (Phi) is 6.31. The number of aryl methyl sites for hydroxylation is 2. The van der Waals surface area contributed by atoms with E-state index in [1.807, 2.05) is 11.0 Å².